The van der Waals surface area contributed by atoms with E-state index >= 15 is 0 Å². The number of halogens is 1. The van der Waals surface area contributed by atoms with Crippen LogP contribution in [0.15, 0.2) is 30.4 Å². The van der Waals surface area contributed by atoms with E-state index < -0.39 is 5.97 Å². The molecule has 6 heteroatoms. The number of benzene rings is 1. The van der Waals surface area contributed by atoms with E-state index in [0.717, 1.165) is 19.6 Å². The third-order valence-corrected chi connectivity index (χ3v) is 5.28. The lowest BCUT2D eigenvalue weighted by Gasteiger charge is -2.18. The van der Waals surface area contributed by atoms with Gasteiger partial charge in [0.25, 0.3) is 0 Å². The Hall–Kier alpha value is -1.56. The molecular weight excluding hydrogens is 318 g/mol. The Kier molecular flexibility index (Phi) is 3.79. The lowest BCUT2D eigenvalue weighted by atomic mass is 9.86. The summed E-state index contributed by atoms with van der Waals surface area (Å²) in [6.07, 6.45) is 4.98. The van der Waals surface area contributed by atoms with Crippen LogP contribution < -0.4 is 4.74 Å². The average molecular weight is 336 g/mol. The molecule has 1 aromatic carbocycles. The summed E-state index contributed by atoms with van der Waals surface area (Å²) in [5.41, 5.74) is 0.165. The molecule has 2 bridgehead atoms. The van der Waals surface area contributed by atoms with Crippen molar-refractivity contribution < 1.29 is 19.4 Å². The summed E-state index contributed by atoms with van der Waals surface area (Å²) in [6, 6.07) is 4.53. The van der Waals surface area contributed by atoms with Crippen LogP contribution in [0.5, 0.6) is 5.75 Å². The minimum absolute atomic E-state index is 0.165. The van der Waals surface area contributed by atoms with Crippen molar-refractivity contribution in [2.45, 2.75) is 12.2 Å². The van der Waals surface area contributed by atoms with Crippen molar-refractivity contribution in [2.24, 2.45) is 11.8 Å². The van der Waals surface area contributed by atoms with Crippen LogP contribution >= 0.6 is 11.6 Å². The first-order valence-corrected chi connectivity index (χ1v) is 8.21. The summed E-state index contributed by atoms with van der Waals surface area (Å²) in [7, 11) is 0. The van der Waals surface area contributed by atoms with Crippen molar-refractivity contribution in [2.75, 3.05) is 26.2 Å². The molecule has 0 radical (unpaired) electrons. The molecule has 4 unspecified atom stereocenters. The van der Waals surface area contributed by atoms with Crippen molar-refractivity contribution >= 4 is 17.6 Å². The number of ether oxygens (including phenoxy) is 2. The maximum Gasteiger partial charge on any atom is 0.335 e. The molecule has 23 heavy (non-hydrogen) atoms. The lowest BCUT2D eigenvalue weighted by molar-refractivity contribution is 0.0696. The lowest BCUT2D eigenvalue weighted by Crippen LogP contribution is -2.29. The Bertz CT molecular complexity index is 642. The maximum absolute atomic E-state index is 10.9. The monoisotopic (exact) mass is 335 g/mol. The Balaban J connectivity index is 1.29. The second kappa shape index (κ2) is 5.82. The van der Waals surface area contributed by atoms with Gasteiger partial charge in [0.05, 0.1) is 22.8 Å². The molecule has 0 aromatic heterocycles. The summed E-state index contributed by atoms with van der Waals surface area (Å²) >= 11 is 6.07. The molecular formula is C17H18ClNO4. The zero-order valence-electron chi connectivity index (χ0n) is 12.5. The van der Waals surface area contributed by atoms with Crippen molar-refractivity contribution in [3.05, 3.63) is 40.9 Å². The number of carboxylic acid groups (broad SMARTS) is 1. The molecule has 0 amide bonds. The molecule has 1 aromatic rings. The fourth-order valence-electron chi connectivity index (χ4n) is 3.83. The number of carbonyl (C=O) groups is 1. The number of nitrogens with zero attached hydrogens (tertiary/aromatic N) is 1. The van der Waals surface area contributed by atoms with Crippen LogP contribution in [0.25, 0.3) is 0 Å². The van der Waals surface area contributed by atoms with Crippen LogP contribution in [0.4, 0.5) is 0 Å². The summed E-state index contributed by atoms with van der Waals surface area (Å²) in [5.74, 6) is 0.764. The Labute approximate surface area is 139 Å². The van der Waals surface area contributed by atoms with Crippen LogP contribution in [0.3, 0.4) is 0 Å². The average Bonchev–Trinajstić information content (AvgIpc) is 3.20. The Morgan fingerprint density at radius 3 is 2.61 bits per heavy atom. The zero-order chi connectivity index (χ0) is 16.0. The van der Waals surface area contributed by atoms with E-state index in [2.05, 4.69) is 17.1 Å². The van der Waals surface area contributed by atoms with Crippen LogP contribution in [-0.2, 0) is 4.74 Å². The summed E-state index contributed by atoms with van der Waals surface area (Å²) in [4.78, 5) is 13.3. The van der Waals surface area contributed by atoms with Gasteiger partial charge in [0.15, 0.2) is 0 Å². The van der Waals surface area contributed by atoms with Gasteiger partial charge in [-0.15, -0.1) is 0 Å². The van der Waals surface area contributed by atoms with Gasteiger partial charge < -0.3 is 14.6 Å². The smallest absolute Gasteiger partial charge is 0.335 e. The first kappa shape index (κ1) is 15.0. The zero-order valence-corrected chi connectivity index (χ0v) is 13.3. The molecule has 2 saturated heterocycles. The van der Waals surface area contributed by atoms with E-state index in [1.807, 2.05) is 0 Å². The molecule has 3 heterocycles. The van der Waals surface area contributed by atoms with Crippen molar-refractivity contribution in [3.8, 4) is 5.75 Å². The standard InChI is InChI=1S/C17H18ClNO4/c18-13-7-10(17(20)21)1-2-16(13)22-6-5-19-8-11-12(9-19)15-4-3-14(11)23-15/h1-4,7,11-12,14-15H,5-6,8-9H2,(H,20,21). The Morgan fingerprint density at radius 1 is 1.30 bits per heavy atom. The van der Waals surface area contributed by atoms with Gasteiger partial charge in [0.1, 0.15) is 12.4 Å². The molecule has 3 aliphatic rings. The maximum atomic E-state index is 10.9. The van der Waals surface area contributed by atoms with E-state index in [-0.39, 0.29) is 5.56 Å². The number of aromatic carboxylic acids is 1. The molecule has 2 fully saturated rings. The van der Waals surface area contributed by atoms with Crippen LogP contribution in [0, 0.1) is 11.8 Å². The van der Waals surface area contributed by atoms with Gasteiger partial charge >= 0.3 is 5.97 Å². The minimum Gasteiger partial charge on any atom is -0.491 e. The molecule has 4 atom stereocenters. The number of fused-ring (bicyclic) bond motifs is 5. The van der Waals surface area contributed by atoms with Crippen molar-refractivity contribution in [3.63, 3.8) is 0 Å². The Morgan fingerprint density at radius 2 is 2.00 bits per heavy atom. The minimum atomic E-state index is -0.993. The molecule has 1 N–H and O–H groups in total. The van der Waals surface area contributed by atoms with Gasteiger partial charge in [-0.05, 0) is 18.2 Å². The first-order chi connectivity index (χ1) is 11.1. The number of carboxylic acids is 1. The van der Waals surface area contributed by atoms with Crippen LogP contribution in [0.1, 0.15) is 10.4 Å². The number of hydrogen-bond acceptors (Lipinski definition) is 4. The highest BCUT2D eigenvalue weighted by atomic mass is 35.5. The predicted octanol–water partition coefficient (Wildman–Crippen LogP) is 2.30. The van der Waals surface area contributed by atoms with Crippen LogP contribution in [-0.4, -0.2) is 54.4 Å². The van der Waals surface area contributed by atoms with Gasteiger partial charge in [-0.2, -0.15) is 0 Å². The van der Waals surface area contributed by atoms with Crippen molar-refractivity contribution in [1.29, 1.82) is 0 Å². The summed E-state index contributed by atoms with van der Waals surface area (Å²) in [6.45, 7) is 3.47. The third kappa shape index (κ3) is 2.73. The highest BCUT2D eigenvalue weighted by molar-refractivity contribution is 6.32. The number of hydrogen-bond donors (Lipinski definition) is 1. The molecule has 3 aliphatic heterocycles. The molecule has 4 rings (SSSR count). The van der Waals surface area contributed by atoms with E-state index in [4.69, 9.17) is 26.2 Å². The van der Waals surface area contributed by atoms with E-state index in [0.29, 0.717) is 41.4 Å². The summed E-state index contributed by atoms with van der Waals surface area (Å²) in [5, 5.41) is 9.26. The first-order valence-electron chi connectivity index (χ1n) is 7.83. The van der Waals surface area contributed by atoms with Crippen molar-refractivity contribution in [1.82, 2.24) is 4.90 Å². The topological polar surface area (TPSA) is 59.0 Å². The fourth-order valence-corrected chi connectivity index (χ4v) is 4.07. The number of rotatable bonds is 5. The van der Waals surface area contributed by atoms with E-state index in [1.54, 1.807) is 6.07 Å². The van der Waals surface area contributed by atoms with Gasteiger partial charge in [-0.1, -0.05) is 23.8 Å². The second-order valence-corrected chi connectivity index (χ2v) is 6.74. The van der Waals surface area contributed by atoms with Gasteiger partial charge in [-0.3, -0.25) is 4.90 Å². The summed E-state index contributed by atoms with van der Waals surface area (Å²) < 4.78 is 11.6. The highest BCUT2D eigenvalue weighted by Crippen LogP contribution is 2.43. The normalized spacial score (nSPS) is 31.5. The number of likely N-dealkylation sites (tertiary alicyclic amines) is 1. The fraction of sp³-hybridized carbons (Fsp3) is 0.471. The SMILES string of the molecule is O=C(O)c1ccc(OCCN2CC3C4C=CC(O4)C3C2)c(Cl)c1. The van der Waals surface area contributed by atoms with E-state index in [1.165, 1.54) is 12.1 Å². The molecule has 122 valence electrons. The van der Waals surface area contributed by atoms with Crippen LogP contribution in [0.2, 0.25) is 5.02 Å². The third-order valence-electron chi connectivity index (χ3n) is 4.98. The van der Waals surface area contributed by atoms with Gasteiger partial charge in [0.2, 0.25) is 0 Å². The molecule has 0 aliphatic carbocycles. The molecule has 0 spiro atoms. The van der Waals surface area contributed by atoms with E-state index in [9.17, 15) is 4.79 Å². The molecule has 5 nitrogen and oxygen atoms in total. The highest BCUT2D eigenvalue weighted by Gasteiger charge is 2.50. The predicted molar refractivity (Wildman–Crippen MR) is 85.1 cm³/mol. The largest absolute Gasteiger partial charge is 0.491 e. The molecule has 0 saturated carbocycles. The van der Waals surface area contributed by atoms with Gasteiger partial charge in [0, 0.05) is 31.5 Å². The van der Waals surface area contributed by atoms with Gasteiger partial charge in [-0.25, -0.2) is 4.79 Å². The second-order valence-electron chi connectivity index (χ2n) is 6.34. The quantitative estimate of drug-likeness (QED) is 0.837.